The number of hydrogen-bond acceptors (Lipinski definition) is 10. The molecule has 0 fully saturated rings. The Morgan fingerprint density at radius 2 is 1.29 bits per heavy atom. The topological polar surface area (TPSA) is 154 Å². The van der Waals surface area contributed by atoms with Gasteiger partial charge in [-0.3, -0.25) is 19.7 Å². The van der Waals surface area contributed by atoms with Gasteiger partial charge in [0.15, 0.2) is 11.6 Å². The molecule has 2 unspecified atom stereocenters. The van der Waals surface area contributed by atoms with Crippen LogP contribution in [0.3, 0.4) is 0 Å². The van der Waals surface area contributed by atoms with E-state index >= 15 is 0 Å². The van der Waals surface area contributed by atoms with Gasteiger partial charge in [0.2, 0.25) is 0 Å². The number of nitro groups is 1. The van der Waals surface area contributed by atoms with Gasteiger partial charge in [-0.1, -0.05) is 91.0 Å². The van der Waals surface area contributed by atoms with Crippen LogP contribution >= 0.6 is 0 Å². The molecular formula is C48H46F3N3O8. The molecule has 2 heterocycles. The Labute approximate surface area is 357 Å². The monoisotopic (exact) mass is 849 g/mol. The summed E-state index contributed by atoms with van der Waals surface area (Å²) in [6.45, 7) is 11.6. The van der Waals surface area contributed by atoms with E-state index in [0.717, 1.165) is 6.07 Å². The molecule has 322 valence electrons. The molecule has 0 aromatic heterocycles. The number of halogens is 3. The normalized spacial score (nSPS) is 16.5. The molecule has 6 rings (SSSR count). The minimum Gasteiger partial charge on any atom is -0.463 e. The number of hydrogen-bond donors (Lipinski definition) is 2. The van der Waals surface area contributed by atoms with Crippen molar-refractivity contribution < 1.29 is 46.7 Å². The highest BCUT2D eigenvalue weighted by atomic mass is 19.4. The maximum atomic E-state index is 14.2. The van der Waals surface area contributed by atoms with Crippen LogP contribution in [0, 0.1) is 10.1 Å². The van der Waals surface area contributed by atoms with Crippen LogP contribution in [0.1, 0.15) is 92.9 Å². The summed E-state index contributed by atoms with van der Waals surface area (Å²) in [4.78, 5) is 62.8. The first-order valence-corrected chi connectivity index (χ1v) is 19.7. The number of ether oxygens (including phenoxy) is 2. The minimum atomic E-state index is -4.71. The number of carbonyl (C=O) groups is 4. The van der Waals surface area contributed by atoms with Crippen molar-refractivity contribution in [2.75, 3.05) is 6.61 Å². The van der Waals surface area contributed by atoms with E-state index in [9.17, 15) is 42.5 Å². The van der Waals surface area contributed by atoms with Crippen molar-refractivity contribution in [3.63, 3.8) is 0 Å². The van der Waals surface area contributed by atoms with Gasteiger partial charge < -0.3 is 20.1 Å². The third-order valence-corrected chi connectivity index (χ3v) is 10.1. The van der Waals surface area contributed by atoms with Gasteiger partial charge in [-0.15, -0.1) is 0 Å². The van der Waals surface area contributed by atoms with Gasteiger partial charge in [-0.05, 0) is 71.2 Å². The number of non-ortho nitro benzene ring substituents is 1. The van der Waals surface area contributed by atoms with E-state index in [1.54, 1.807) is 114 Å². The van der Waals surface area contributed by atoms with E-state index < -0.39 is 46.2 Å². The zero-order valence-electron chi connectivity index (χ0n) is 35.2. The number of nitrogens with one attached hydrogen (secondary N) is 2. The van der Waals surface area contributed by atoms with Crippen molar-refractivity contribution in [3.05, 3.63) is 187 Å². The summed E-state index contributed by atoms with van der Waals surface area (Å²) >= 11 is 0. The van der Waals surface area contributed by atoms with Gasteiger partial charge in [0.25, 0.3) is 5.69 Å². The van der Waals surface area contributed by atoms with Gasteiger partial charge >= 0.3 is 18.1 Å². The Morgan fingerprint density at radius 1 is 0.726 bits per heavy atom. The van der Waals surface area contributed by atoms with E-state index in [-0.39, 0.29) is 46.5 Å². The van der Waals surface area contributed by atoms with Crippen molar-refractivity contribution in [2.24, 2.45) is 0 Å². The summed E-state index contributed by atoms with van der Waals surface area (Å²) in [7, 11) is 0. The number of Topliss-reactive ketones (excluding diaryl/α,β-unsaturated/α-hetero) is 2. The molecule has 62 heavy (non-hydrogen) atoms. The molecular weight excluding hydrogens is 804 g/mol. The molecule has 0 saturated carbocycles. The van der Waals surface area contributed by atoms with E-state index in [0.29, 0.717) is 45.1 Å². The predicted molar refractivity (Wildman–Crippen MR) is 227 cm³/mol. The summed E-state index contributed by atoms with van der Waals surface area (Å²) in [6.07, 6.45) is -5.04. The summed E-state index contributed by atoms with van der Waals surface area (Å²) in [5.41, 5.74) is 2.72. The molecule has 0 radical (unpaired) electrons. The van der Waals surface area contributed by atoms with Crippen molar-refractivity contribution in [3.8, 4) is 0 Å². The smallest absolute Gasteiger partial charge is 0.416 e. The lowest BCUT2D eigenvalue weighted by atomic mass is 9.75. The number of ketones is 2. The van der Waals surface area contributed by atoms with E-state index in [1.165, 1.54) is 37.3 Å². The molecule has 4 aromatic carbocycles. The number of dihydropyridines is 2. The fourth-order valence-electron chi connectivity index (χ4n) is 7.61. The quantitative estimate of drug-likeness (QED) is 0.0645. The first kappa shape index (κ1) is 46.0. The third kappa shape index (κ3) is 10.1. The average Bonchev–Trinajstić information content (AvgIpc) is 3.23. The van der Waals surface area contributed by atoms with Crippen LogP contribution in [0.2, 0.25) is 0 Å². The van der Waals surface area contributed by atoms with Crippen LogP contribution < -0.4 is 10.6 Å². The third-order valence-electron chi connectivity index (χ3n) is 10.1. The Hall–Kier alpha value is -7.09. The SMILES string of the molecule is CC(=O)C1=C(C)NC(C)=C(C(=O)OC(C)C)C1c1cccc([N+](=O)[O-])c1.CCOC(=O)C1=C(C)NC(c2ccccc2)=C(C(=O)c2ccccc2)C1c1ccccc1C(F)(F)F. The molecule has 2 N–H and O–H groups in total. The lowest BCUT2D eigenvalue weighted by Crippen LogP contribution is -2.33. The molecule has 0 amide bonds. The number of esters is 2. The van der Waals surface area contributed by atoms with Gasteiger partial charge in [0.05, 0.1) is 40.0 Å². The Morgan fingerprint density at radius 3 is 1.87 bits per heavy atom. The fourth-order valence-corrected chi connectivity index (χ4v) is 7.61. The van der Waals surface area contributed by atoms with Crippen molar-refractivity contribution in [1.29, 1.82) is 0 Å². The van der Waals surface area contributed by atoms with E-state index in [1.807, 2.05) is 0 Å². The number of alkyl halides is 3. The number of rotatable bonds is 11. The maximum absolute atomic E-state index is 14.2. The number of allylic oxidation sites excluding steroid dienone is 5. The van der Waals surface area contributed by atoms with Gasteiger partial charge in [-0.25, -0.2) is 9.59 Å². The van der Waals surface area contributed by atoms with Crippen LogP contribution in [-0.4, -0.2) is 41.1 Å². The van der Waals surface area contributed by atoms with Crippen molar-refractivity contribution >= 4 is 34.9 Å². The second-order valence-corrected chi connectivity index (χ2v) is 14.7. The highest BCUT2D eigenvalue weighted by molar-refractivity contribution is 6.16. The lowest BCUT2D eigenvalue weighted by Gasteiger charge is -2.33. The minimum absolute atomic E-state index is 0.0282. The van der Waals surface area contributed by atoms with E-state index in [2.05, 4.69) is 10.6 Å². The lowest BCUT2D eigenvalue weighted by molar-refractivity contribution is -0.384. The van der Waals surface area contributed by atoms with Gasteiger partial charge in [0, 0.05) is 57.8 Å². The number of nitro benzene ring substituents is 1. The number of benzene rings is 4. The molecule has 0 aliphatic carbocycles. The first-order valence-electron chi connectivity index (χ1n) is 19.7. The van der Waals surface area contributed by atoms with Crippen LogP contribution in [0.15, 0.2) is 149 Å². The van der Waals surface area contributed by atoms with E-state index in [4.69, 9.17) is 9.47 Å². The molecule has 0 saturated heterocycles. The maximum Gasteiger partial charge on any atom is 0.416 e. The first-order chi connectivity index (χ1) is 29.4. The van der Waals surface area contributed by atoms with Crippen LogP contribution in [-0.2, 0) is 30.0 Å². The second kappa shape index (κ2) is 19.5. The summed E-state index contributed by atoms with van der Waals surface area (Å²) in [6, 6.07) is 28.2. The summed E-state index contributed by atoms with van der Waals surface area (Å²) in [5.74, 6) is -4.07. The Bertz CT molecular complexity index is 2520. The molecule has 2 atom stereocenters. The molecule has 2 aliphatic heterocycles. The molecule has 0 spiro atoms. The van der Waals surface area contributed by atoms with Crippen LogP contribution in [0.4, 0.5) is 18.9 Å². The Kier molecular flexibility index (Phi) is 14.5. The zero-order valence-corrected chi connectivity index (χ0v) is 35.2. The largest absolute Gasteiger partial charge is 0.463 e. The van der Waals surface area contributed by atoms with Gasteiger partial charge in [0.1, 0.15) is 0 Å². The van der Waals surface area contributed by atoms with Crippen molar-refractivity contribution in [2.45, 2.75) is 72.6 Å². The second-order valence-electron chi connectivity index (χ2n) is 14.7. The number of carbonyl (C=O) groups excluding carboxylic acids is 4. The summed E-state index contributed by atoms with van der Waals surface area (Å²) < 4.78 is 53.2. The molecule has 14 heteroatoms. The standard InChI is InChI=1S/C29H24F3NO3.C19H22N2O5/c1-3-36-28(35)23-18(2)33-26(19-12-6-4-7-13-19)25(27(34)20-14-8-5-9-15-20)24(23)21-16-10-11-17-22(21)29(30,31)32;1-10(2)26-19(23)17-12(4)20-11(3)16(13(5)22)18(17)14-7-6-8-15(9-14)21(24)25/h4-17,24,33H,3H2,1-2H3;6-10,18,20H,1-5H3. The van der Waals surface area contributed by atoms with Crippen molar-refractivity contribution in [1.82, 2.24) is 10.6 Å². The molecule has 2 aliphatic rings. The predicted octanol–water partition coefficient (Wildman–Crippen LogP) is 9.89. The number of nitrogens with zero attached hydrogens (tertiary/aromatic N) is 1. The summed E-state index contributed by atoms with van der Waals surface area (Å²) in [5, 5.41) is 17.3. The fraction of sp³-hybridized carbons (Fsp3) is 0.250. The van der Waals surface area contributed by atoms with Gasteiger partial charge in [-0.2, -0.15) is 13.2 Å². The highest BCUT2D eigenvalue weighted by Crippen LogP contribution is 2.47. The average molecular weight is 850 g/mol. The highest BCUT2D eigenvalue weighted by Gasteiger charge is 2.44. The molecule has 11 nitrogen and oxygen atoms in total. The molecule has 4 aromatic rings. The Balaban J connectivity index is 0.000000247. The molecule has 0 bridgehead atoms. The zero-order chi connectivity index (χ0) is 45.5. The van der Waals surface area contributed by atoms with Crippen LogP contribution in [0.5, 0.6) is 0 Å². The van der Waals surface area contributed by atoms with Crippen LogP contribution in [0.25, 0.3) is 5.70 Å².